The van der Waals surface area contributed by atoms with Crippen LogP contribution in [-0.4, -0.2) is 29.1 Å². The van der Waals surface area contributed by atoms with Crippen molar-refractivity contribution in [2.45, 2.75) is 25.1 Å². The highest BCUT2D eigenvalue weighted by atomic mass is 35.5. The number of alkyl halides is 1. The van der Waals surface area contributed by atoms with Gasteiger partial charge in [0, 0.05) is 18.1 Å². The number of hydrogen-bond acceptors (Lipinski definition) is 2. The first kappa shape index (κ1) is 19.2. The number of fused-ring (bicyclic) bond motifs is 5. The van der Waals surface area contributed by atoms with Gasteiger partial charge in [-0.15, -0.1) is 31.4 Å². The molecule has 4 heterocycles. The van der Waals surface area contributed by atoms with Crippen molar-refractivity contribution in [2.75, 3.05) is 13.1 Å². The zero-order chi connectivity index (χ0) is 15.1. The van der Waals surface area contributed by atoms with Crippen LogP contribution in [0.3, 0.4) is 0 Å². The van der Waals surface area contributed by atoms with Gasteiger partial charge in [0.15, 0.2) is 0 Å². The number of aromatic nitrogens is 1. The number of benzene rings is 1. The average Bonchev–Trinajstić information content (AvgIpc) is 2.79. The lowest BCUT2D eigenvalue weighted by Gasteiger charge is -2.36. The molecule has 3 fully saturated rings. The van der Waals surface area contributed by atoms with E-state index in [1.807, 2.05) is 36.5 Å². The molecule has 0 aliphatic carbocycles. The summed E-state index contributed by atoms with van der Waals surface area (Å²) in [5.74, 6) is 0.868. The molecular formula is C19H23Cl2FN2. The molecule has 3 saturated heterocycles. The molecule has 0 spiro atoms. The van der Waals surface area contributed by atoms with Gasteiger partial charge in [-0.05, 0) is 48.9 Å². The molecule has 2 bridgehead atoms. The quantitative estimate of drug-likeness (QED) is 0.694. The maximum atomic E-state index is 15.1. The third-order valence-electron chi connectivity index (χ3n) is 5.41. The summed E-state index contributed by atoms with van der Waals surface area (Å²) in [6.45, 7) is 5.87. The highest BCUT2D eigenvalue weighted by Gasteiger charge is 2.42. The fraction of sp³-hybridized carbons (Fsp3) is 0.421. The lowest BCUT2D eigenvalue weighted by molar-refractivity contribution is 0.113. The fourth-order valence-corrected chi connectivity index (χ4v) is 4.28. The molecule has 1 unspecified atom stereocenters. The smallest absolute Gasteiger partial charge is 0.120 e. The number of rotatable bonds is 2. The van der Waals surface area contributed by atoms with E-state index in [2.05, 4.69) is 22.5 Å². The van der Waals surface area contributed by atoms with Gasteiger partial charge in [0.1, 0.15) is 6.17 Å². The molecule has 2 aromatic rings. The SMILES string of the molecule is C=C[C@H]1CN2CC[C@H]1C[C@H](F)[C@H]2c1ccnc2ccccc12.Cl.Cl. The summed E-state index contributed by atoms with van der Waals surface area (Å²) in [5, 5.41) is 1.08. The zero-order valence-electron chi connectivity index (χ0n) is 13.5. The minimum Gasteiger partial charge on any atom is -0.293 e. The van der Waals surface area contributed by atoms with E-state index >= 15 is 4.39 Å². The van der Waals surface area contributed by atoms with Crippen molar-refractivity contribution in [1.29, 1.82) is 0 Å². The number of halogens is 3. The van der Waals surface area contributed by atoms with Crippen LogP contribution in [0, 0.1) is 11.8 Å². The molecule has 5 rings (SSSR count). The summed E-state index contributed by atoms with van der Waals surface area (Å²) in [7, 11) is 0. The van der Waals surface area contributed by atoms with Gasteiger partial charge in [-0.2, -0.15) is 0 Å². The summed E-state index contributed by atoms with van der Waals surface area (Å²) < 4.78 is 15.1. The van der Waals surface area contributed by atoms with E-state index in [-0.39, 0.29) is 30.9 Å². The molecule has 130 valence electrons. The number of para-hydroxylation sites is 1. The highest BCUT2D eigenvalue weighted by Crippen LogP contribution is 2.43. The van der Waals surface area contributed by atoms with E-state index in [0.29, 0.717) is 18.3 Å². The first-order chi connectivity index (χ1) is 10.8. The second-order valence-corrected chi connectivity index (χ2v) is 6.56. The molecule has 3 aliphatic rings. The van der Waals surface area contributed by atoms with Crippen LogP contribution in [0.1, 0.15) is 24.4 Å². The van der Waals surface area contributed by atoms with E-state index < -0.39 is 6.17 Å². The van der Waals surface area contributed by atoms with Gasteiger partial charge in [-0.1, -0.05) is 24.3 Å². The monoisotopic (exact) mass is 368 g/mol. The molecule has 3 aliphatic heterocycles. The number of pyridine rings is 1. The van der Waals surface area contributed by atoms with E-state index in [1.54, 1.807) is 0 Å². The van der Waals surface area contributed by atoms with Crippen LogP contribution in [0.5, 0.6) is 0 Å². The normalized spacial score (nSPS) is 31.6. The molecule has 5 atom stereocenters. The second-order valence-electron chi connectivity index (χ2n) is 6.56. The van der Waals surface area contributed by atoms with Crippen LogP contribution < -0.4 is 0 Å². The maximum Gasteiger partial charge on any atom is 0.120 e. The molecule has 2 nitrogen and oxygen atoms in total. The summed E-state index contributed by atoms with van der Waals surface area (Å²) in [6.07, 6.45) is 4.75. The molecule has 1 aromatic heterocycles. The Kier molecular flexibility index (Phi) is 6.24. The van der Waals surface area contributed by atoms with Crippen molar-refractivity contribution < 1.29 is 4.39 Å². The van der Waals surface area contributed by atoms with Crippen molar-refractivity contribution >= 4 is 35.7 Å². The predicted molar refractivity (Wildman–Crippen MR) is 102 cm³/mol. The van der Waals surface area contributed by atoms with E-state index in [9.17, 15) is 0 Å². The molecule has 5 heteroatoms. The van der Waals surface area contributed by atoms with Gasteiger partial charge >= 0.3 is 0 Å². The zero-order valence-corrected chi connectivity index (χ0v) is 15.1. The van der Waals surface area contributed by atoms with E-state index in [0.717, 1.165) is 36.0 Å². The van der Waals surface area contributed by atoms with Crippen LogP contribution in [0.15, 0.2) is 49.2 Å². The van der Waals surface area contributed by atoms with E-state index in [4.69, 9.17) is 0 Å². The van der Waals surface area contributed by atoms with Crippen LogP contribution in [-0.2, 0) is 0 Å². The van der Waals surface area contributed by atoms with Gasteiger partial charge in [0.25, 0.3) is 0 Å². The van der Waals surface area contributed by atoms with Crippen molar-refractivity contribution in [3.05, 3.63) is 54.7 Å². The number of hydrogen-bond donors (Lipinski definition) is 0. The third-order valence-corrected chi connectivity index (χ3v) is 5.41. The van der Waals surface area contributed by atoms with Crippen molar-refractivity contribution in [2.24, 2.45) is 11.8 Å². The number of nitrogens with zero attached hydrogens (tertiary/aromatic N) is 2. The standard InChI is InChI=1S/C19H21FN2.2ClH/c1-2-13-12-22-10-8-14(13)11-17(20)19(22)16-7-9-21-18-6-4-3-5-15(16)18;;/h2-7,9,13-14,17,19H,1,8,10-12H2;2*1H/t13-,14-,17-,19+;;/m0../s1. The minimum atomic E-state index is -0.816. The molecule has 0 radical (unpaired) electrons. The van der Waals surface area contributed by atoms with Crippen LogP contribution >= 0.6 is 24.8 Å². The van der Waals surface area contributed by atoms with Gasteiger partial charge in [0.2, 0.25) is 0 Å². The largest absolute Gasteiger partial charge is 0.293 e. The Labute approximate surface area is 155 Å². The molecular weight excluding hydrogens is 346 g/mol. The van der Waals surface area contributed by atoms with Crippen molar-refractivity contribution in [1.82, 2.24) is 9.88 Å². The van der Waals surface area contributed by atoms with Gasteiger partial charge in [-0.3, -0.25) is 9.88 Å². The Hall–Kier alpha value is -1.16. The maximum absolute atomic E-state index is 15.1. The molecule has 24 heavy (non-hydrogen) atoms. The van der Waals surface area contributed by atoms with Crippen molar-refractivity contribution in [3.8, 4) is 0 Å². The van der Waals surface area contributed by atoms with Crippen LogP contribution in [0.2, 0.25) is 0 Å². The van der Waals surface area contributed by atoms with Gasteiger partial charge < -0.3 is 0 Å². The van der Waals surface area contributed by atoms with Gasteiger partial charge in [0.05, 0.1) is 11.6 Å². The highest BCUT2D eigenvalue weighted by molar-refractivity contribution is 5.85. The topological polar surface area (TPSA) is 16.1 Å². The predicted octanol–water partition coefficient (Wildman–Crippen LogP) is 4.99. The Bertz CT molecular complexity index is 703. The molecule has 1 aromatic carbocycles. The molecule has 0 amide bonds. The van der Waals surface area contributed by atoms with Gasteiger partial charge in [-0.25, -0.2) is 4.39 Å². The number of piperidine rings is 1. The first-order valence-corrected chi connectivity index (χ1v) is 8.12. The Balaban J connectivity index is 0.00000104. The molecule has 0 N–H and O–H groups in total. The van der Waals surface area contributed by atoms with Crippen LogP contribution in [0.25, 0.3) is 10.9 Å². The Morgan fingerprint density at radius 3 is 2.79 bits per heavy atom. The average molecular weight is 369 g/mol. The lowest BCUT2D eigenvalue weighted by atomic mass is 9.84. The lowest BCUT2D eigenvalue weighted by Crippen LogP contribution is -2.39. The minimum absolute atomic E-state index is 0. The summed E-state index contributed by atoms with van der Waals surface area (Å²) in [6, 6.07) is 9.91. The first-order valence-electron chi connectivity index (χ1n) is 8.12. The third kappa shape index (κ3) is 3.17. The molecule has 0 saturated carbocycles. The Morgan fingerprint density at radius 1 is 1.21 bits per heavy atom. The fourth-order valence-electron chi connectivity index (χ4n) is 4.28. The van der Waals surface area contributed by atoms with Crippen LogP contribution in [0.4, 0.5) is 4.39 Å². The Morgan fingerprint density at radius 2 is 2.00 bits per heavy atom. The summed E-state index contributed by atoms with van der Waals surface area (Å²) >= 11 is 0. The van der Waals surface area contributed by atoms with Crippen molar-refractivity contribution in [3.63, 3.8) is 0 Å². The second kappa shape index (κ2) is 7.81. The van der Waals surface area contributed by atoms with E-state index in [1.165, 1.54) is 0 Å². The summed E-state index contributed by atoms with van der Waals surface area (Å²) in [5.41, 5.74) is 2.04. The summed E-state index contributed by atoms with van der Waals surface area (Å²) in [4.78, 5) is 6.74.